The van der Waals surface area contributed by atoms with Gasteiger partial charge >= 0.3 is 0 Å². The van der Waals surface area contributed by atoms with E-state index in [1.54, 1.807) is 23.9 Å². The standard InChI is InChI=1S/C15H20FNOS/c16-13-3-1-2-12-14(6-9-19-15(12)13)17-7-8-18-10-11-4-5-11/h1-3,11,14,17H,4-10H2. The fraction of sp³-hybridized carbons (Fsp3) is 0.600. The number of benzene rings is 1. The van der Waals surface area contributed by atoms with Gasteiger partial charge in [-0.25, -0.2) is 4.39 Å². The fourth-order valence-corrected chi connectivity index (χ4v) is 3.58. The molecule has 1 atom stereocenters. The number of thioether (sulfide) groups is 1. The van der Waals surface area contributed by atoms with Crippen LogP contribution in [0.3, 0.4) is 0 Å². The summed E-state index contributed by atoms with van der Waals surface area (Å²) < 4.78 is 19.3. The van der Waals surface area contributed by atoms with E-state index in [0.29, 0.717) is 0 Å². The van der Waals surface area contributed by atoms with Crippen molar-refractivity contribution in [1.29, 1.82) is 0 Å². The third-order valence-electron chi connectivity index (χ3n) is 3.71. The van der Waals surface area contributed by atoms with E-state index in [2.05, 4.69) is 5.32 Å². The second-order valence-electron chi connectivity index (χ2n) is 5.32. The summed E-state index contributed by atoms with van der Waals surface area (Å²) in [4.78, 5) is 0.824. The van der Waals surface area contributed by atoms with E-state index in [9.17, 15) is 4.39 Å². The first-order valence-electron chi connectivity index (χ1n) is 7.07. The minimum Gasteiger partial charge on any atom is -0.380 e. The molecule has 1 aliphatic carbocycles. The molecular weight excluding hydrogens is 261 g/mol. The highest BCUT2D eigenvalue weighted by Crippen LogP contribution is 2.37. The van der Waals surface area contributed by atoms with E-state index >= 15 is 0 Å². The molecule has 1 aromatic rings. The molecule has 2 nitrogen and oxygen atoms in total. The normalized spacial score (nSPS) is 22.3. The number of halogens is 1. The quantitative estimate of drug-likeness (QED) is 0.808. The van der Waals surface area contributed by atoms with Crippen LogP contribution in [-0.4, -0.2) is 25.5 Å². The Morgan fingerprint density at radius 3 is 3.05 bits per heavy atom. The van der Waals surface area contributed by atoms with E-state index in [4.69, 9.17) is 4.74 Å². The minimum absolute atomic E-state index is 0.0843. The predicted molar refractivity (Wildman–Crippen MR) is 76.0 cm³/mol. The highest BCUT2D eigenvalue weighted by molar-refractivity contribution is 7.99. The van der Waals surface area contributed by atoms with Gasteiger partial charge in [0.25, 0.3) is 0 Å². The van der Waals surface area contributed by atoms with Crippen molar-refractivity contribution >= 4 is 11.8 Å². The van der Waals surface area contributed by atoms with Crippen LogP contribution >= 0.6 is 11.8 Å². The Morgan fingerprint density at radius 2 is 2.21 bits per heavy atom. The van der Waals surface area contributed by atoms with Crippen LogP contribution in [0, 0.1) is 11.7 Å². The Hall–Kier alpha value is -0.580. The van der Waals surface area contributed by atoms with Gasteiger partial charge in [-0.1, -0.05) is 12.1 Å². The van der Waals surface area contributed by atoms with Crippen LogP contribution in [0.2, 0.25) is 0 Å². The van der Waals surface area contributed by atoms with Crippen molar-refractivity contribution in [1.82, 2.24) is 5.32 Å². The molecule has 1 N–H and O–H groups in total. The summed E-state index contributed by atoms with van der Waals surface area (Å²) in [6.07, 6.45) is 3.73. The van der Waals surface area contributed by atoms with Gasteiger partial charge in [0.15, 0.2) is 0 Å². The lowest BCUT2D eigenvalue weighted by atomic mass is 10.0. The van der Waals surface area contributed by atoms with Crippen molar-refractivity contribution in [2.75, 3.05) is 25.5 Å². The summed E-state index contributed by atoms with van der Waals surface area (Å²) in [6, 6.07) is 5.66. The Labute approximate surface area is 118 Å². The first-order chi connectivity index (χ1) is 9.34. The Bertz CT molecular complexity index is 436. The molecule has 0 aromatic heterocycles. The van der Waals surface area contributed by atoms with Gasteiger partial charge in [-0.2, -0.15) is 0 Å². The van der Waals surface area contributed by atoms with E-state index in [1.165, 1.54) is 12.8 Å². The third-order valence-corrected chi connectivity index (χ3v) is 4.87. The summed E-state index contributed by atoms with van der Waals surface area (Å²) in [5, 5.41) is 3.49. The highest BCUT2D eigenvalue weighted by atomic mass is 32.2. The molecule has 0 radical (unpaired) electrons. The minimum atomic E-state index is -0.0843. The molecule has 3 rings (SSSR count). The van der Waals surface area contributed by atoms with Crippen LogP contribution in [0.4, 0.5) is 4.39 Å². The lowest BCUT2D eigenvalue weighted by Gasteiger charge is -2.26. The summed E-state index contributed by atoms with van der Waals surface area (Å²) in [6.45, 7) is 2.51. The van der Waals surface area contributed by atoms with Gasteiger partial charge in [-0.05, 0) is 42.6 Å². The monoisotopic (exact) mass is 281 g/mol. The smallest absolute Gasteiger partial charge is 0.137 e. The molecule has 0 spiro atoms. The first kappa shape index (κ1) is 13.4. The second kappa shape index (κ2) is 6.25. The molecule has 1 aromatic carbocycles. The largest absolute Gasteiger partial charge is 0.380 e. The summed E-state index contributed by atoms with van der Waals surface area (Å²) in [5.41, 5.74) is 1.11. The van der Waals surface area contributed by atoms with Gasteiger partial charge < -0.3 is 10.1 Å². The van der Waals surface area contributed by atoms with Gasteiger partial charge in [-0.3, -0.25) is 0 Å². The van der Waals surface area contributed by atoms with Gasteiger partial charge in [-0.15, -0.1) is 11.8 Å². The number of nitrogens with one attached hydrogen (secondary N) is 1. The maximum atomic E-state index is 13.7. The van der Waals surface area contributed by atoms with Crippen molar-refractivity contribution in [3.8, 4) is 0 Å². The SMILES string of the molecule is Fc1cccc2c1SCCC2NCCOCC1CC1. The Morgan fingerprint density at radius 1 is 1.32 bits per heavy atom. The van der Waals surface area contributed by atoms with Crippen molar-refractivity contribution < 1.29 is 9.13 Å². The molecule has 0 amide bonds. The predicted octanol–water partition coefficient (Wildman–Crippen LogP) is 3.38. The fourth-order valence-electron chi connectivity index (χ4n) is 2.44. The first-order valence-corrected chi connectivity index (χ1v) is 8.05. The average molecular weight is 281 g/mol. The van der Waals surface area contributed by atoms with Gasteiger partial charge in [0.2, 0.25) is 0 Å². The number of hydrogen-bond acceptors (Lipinski definition) is 3. The summed E-state index contributed by atoms with van der Waals surface area (Å²) in [7, 11) is 0. The van der Waals surface area contributed by atoms with Gasteiger partial charge in [0.05, 0.1) is 6.61 Å². The topological polar surface area (TPSA) is 21.3 Å². The molecule has 1 fully saturated rings. The molecule has 19 heavy (non-hydrogen) atoms. The zero-order chi connectivity index (χ0) is 13.1. The van der Waals surface area contributed by atoms with E-state index in [0.717, 1.165) is 48.3 Å². The molecule has 1 saturated carbocycles. The van der Waals surface area contributed by atoms with Gasteiger partial charge in [0.1, 0.15) is 5.82 Å². The highest BCUT2D eigenvalue weighted by Gasteiger charge is 2.23. The maximum absolute atomic E-state index is 13.7. The van der Waals surface area contributed by atoms with Crippen LogP contribution in [-0.2, 0) is 4.74 Å². The van der Waals surface area contributed by atoms with Crippen molar-refractivity contribution in [2.24, 2.45) is 5.92 Å². The zero-order valence-electron chi connectivity index (χ0n) is 11.0. The number of hydrogen-bond donors (Lipinski definition) is 1. The van der Waals surface area contributed by atoms with Crippen LogP contribution in [0.5, 0.6) is 0 Å². The number of rotatable bonds is 6. The Balaban J connectivity index is 1.50. The lowest BCUT2D eigenvalue weighted by molar-refractivity contribution is 0.124. The van der Waals surface area contributed by atoms with E-state index < -0.39 is 0 Å². The summed E-state index contributed by atoms with van der Waals surface area (Å²) >= 11 is 1.63. The summed E-state index contributed by atoms with van der Waals surface area (Å²) in [5.74, 6) is 1.72. The number of fused-ring (bicyclic) bond motifs is 1. The lowest BCUT2D eigenvalue weighted by Crippen LogP contribution is -2.28. The zero-order valence-corrected chi connectivity index (χ0v) is 11.8. The third kappa shape index (κ3) is 3.50. The number of ether oxygens (including phenoxy) is 1. The second-order valence-corrected chi connectivity index (χ2v) is 6.43. The molecule has 1 heterocycles. The molecule has 0 bridgehead atoms. The molecule has 104 valence electrons. The van der Waals surface area contributed by atoms with E-state index in [-0.39, 0.29) is 11.9 Å². The van der Waals surface area contributed by atoms with E-state index in [1.807, 2.05) is 6.07 Å². The van der Waals surface area contributed by atoms with Crippen LogP contribution in [0.1, 0.15) is 30.9 Å². The van der Waals surface area contributed by atoms with Crippen LogP contribution in [0.15, 0.2) is 23.1 Å². The molecular formula is C15H20FNOS. The van der Waals surface area contributed by atoms with Gasteiger partial charge in [0, 0.05) is 24.1 Å². The Kier molecular flexibility index (Phi) is 4.41. The molecule has 1 unspecified atom stereocenters. The molecule has 2 aliphatic rings. The van der Waals surface area contributed by atoms with Crippen molar-refractivity contribution in [2.45, 2.75) is 30.2 Å². The molecule has 0 saturated heterocycles. The van der Waals surface area contributed by atoms with Crippen molar-refractivity contribution in [3.05, 3.63) is 29.6 Å². The molecule has 4 heteroatoms. The molecule has 1 aliphatic heterocycles. The van der Waals surface area contributed by atoms with Crippen molar-refractivity contribution in [3.63, 3.8) is 0 Å². The van der Waals surface area contributed by atoms with Crippen LogP contribution < -0.4 is 5.32 Å². The van der Waals surface area contributed by atoms with Crippen LogP contribution in [0.25, 0.3) is 0 Å². The average Bonchev–Trinajstić information content (AvgIpc) is 3.23. The maximum Gasteiger partial charge on any atom is 0.137 e.